The quantitative estimate of drug-likeness (QED) is 0.872. The minimum atomic E-state index is -0.152. The molecule has 6 heteroatoms. The number of carbonyl (C=O) groups is 2. The van der Waals surface area contributed by atoms with Crippen LogP contribution in [0.25, 0.3) is 0 Å². The lowest BCUT2D eigenvalue weighted by atomic mass is 10.2. The fourth-order valence-electron chi connectivity index (χ4n) is 2.23. The minimum Gasteiger partial charge on any atom is -0.338 e. The molecule has 2 aromatic rings. The van der Waals surface area contributed by atoms with Crippen LogP contribution in [0.5, 0.6) is 0 Å². The maximum atomic E-state index is 12.2. The van der Waals surface area contributed by atoms with E-state index in [2.05, 4.69) is 10.3 Å². The highest BCUT2D eigenvalue weighted by atomic mass is 35.5. The van der Waals surface area contributed by atoms with Crippen molar-refractivity contribution < 1.29 is 9.59 Å². The summed E-state index contributed by atoms with van der Waals surface area (Å²) >= 11 is 5.95. The van der Waals surface area contributed by atoms with E-state index >= 15 is 0 Å². The van der Waals surface area contributed by atoms with Gasteiger partial charge in [-0.2, -0.15) is 0 Å². The Labute approximate surface area is 146 Å². The first-order valence-corrected chi connectivity index (χ1v) is 8.04. The SMILES string of the molecule is CC(=O)N(CCC(=O)Nc1cc(Cl)ccc1C)Cc1ccncc1. The van der Waals surface area contributed by atoms with Gasteiger partial charge >= 0.3 is 0 Å². The number of amides is 2. The molecule has 0 spiro atoms. The molecule has 5 nitrogen and oxygen atoms in total. The number of nitrogens with one attached hydrogen (secondary N) is 1. The molecular formula is C18H20ClN3O2. The molecule has 0 fully saturated rings. The average Bonchev–Trinajstić information content (AvgIpc) is 2.55. The summed E-state index contributed by atoms with van der Waals surface area (Å²) in [4.78, 5) is 29.5. The topological polar surface area (TPSA) is 62.3 Å². The van der Waals surface area contributed by atoms with Crippen LogP contribution in [-0.4, -0.2) is 28.2 Å². The van der Waals surface area contributed by atoms with E-state index in [1.165, 1.54) is 6.92 Å². The molecule has 1 N–H and O–H groups in total. The zero-order valence-corrected chi connectivity index (χ0v) is 14.5. The standard InChI is InChI=1S/C18H20ClN3O2/c1-13-3-4-16(19)11-17(13)21-18(24)7-10-22(14(2)23)12-15-5-8-20-9-6-15/h3-6,8-9,11H,7,10,12H2,1-2H3,(H,21,24). The summed E-state index contributed by atoms with van der Waals surface area (Å²) in [6.45, 7) is 4.21. The number of benzene rings is 1. The van der Waals surface area contributed by atoms with Crippen molar-refractivity contribution in [3.63, 3.8) is 0 Å². The van der Waals surface area contributed by atoms with Gasteiger partial charge in [0, 0.05) is 49.5 Å². The van der Waals surface area contributed by atoms with Crippen LogP contribution in [0.3, 0.4) is 0 Å². The van der Waals surface area contributed by atoms with E-state index in [1.807, 2.05) is 25.1 Å². The highest BCUT2D eigenvalue weighted by Crippen LogP contribution is 2.20. The lowest BCUT2D eigenvalue weighted by Gasteiger charge is -2.21. The van der Waals surface area contributed by atoms with E-state index in [-0.39, 0.29) is 18.2 Å². The van der Waals surface area contributed by atoms with E-state index in [0.29, 0.717) is 23.8 Å². The van der Waals surface area contributed by atoms with Gasteiger partial charge in [-0.1, -0.05) is 17.7 Å². The zero-order valence-electron chi connectivity index (χ0n) is 13.8. The first-order valence-electron chi connectivity index (χ1n) is 7.66. The van der Waals surface area contributed by atoms with Crippen LogP contribution in [-0.2, 0) is 16.1 Å². The number of anilines is 1. The molecule has 1 aromatic heterocycles. The van der Waals surface area contributed by atoms with Crippen LogP contribution in [0.2, 0.25) is 5.02 Å². The molecule has 2 rings (SSSR count). The molecule has 0 saturated carbocycles. The van der Waals surface area contributed by atoms with Crippen molar-refractivity contribution in [3.05, 3.63) is 58.9 Å². The Bertz CT molecular complexity index is 719. The van der Waals surface area contributed by atoms with Gasteiger partial charge in [0.15, 0.2) is 0 Å². The van der Waals surface area contributed by atoms with Gasteiger partial charge < -0.3 is 10.2 Å². The number of aromatic nitrogens is 1. The van der Waals surface area contributed by atoms with Crippen LogP contribution in [0.4, 0.5) is 5.69 Å². The first-order chi connectivity index (χ1) is 11.5. The molecule has 1 heterocycles. The normalized spacial score (nSPS) is 10.3. The maximum absolute atomic E-state index is 12.2. The Morgan fingerprint density at radius 2 is 1.92 bits per heavy atom. The van der Waals surface area contributed by atoms with E-state index in [0.717, 1.165) is 11.1 Å². The van der Waals surface area contributed by atoms with Gasteiger partial charge in [-0.05, 0) is 42.3 Å². The number of rotatable bonds is 6. The summed E-state index contributed by atoms with van der Waals surface area (Å²) in [6, 6.07) is 9.05. The second kappa shape index (κ2) is 8.45. The molecule has 126 valence electrons. The third-order valence-electron chi connectivity index (χ3n) is 3.65. The summed E-state index contributed by atoms with van der Waals surface area (Å²) in [5, 5.41) is 3.41. The fourth-order valence-corrected chi connectivity index (χ4v) is 2.41. The highest BCUT2D eigenvalue weighted by Gasteiger charge is 2.12. The molecule has 1 aromatic carbocycles. The van der Waals surface area contributed by atoms with Gasteiger partial charge in [-0.3, -0.25) is 14.6 Å². The van der Waals surface area contributed by atoms with Crippen molar-refractivity contribution in [2.45, 2.75) is 26.8 Å². The third-order valence-corrected chi connectivity index (χ3v) is 3.89. The molecule has 0 unspecified atom stereocenters. The molecule has 0 saturated heterocycles. The molecule has 0 atom stereocenters. The zero-order chi connectivity index (χ0) is 17.5. The van der Waals surface area contributed by atoms with Crippen LogP contribution < -0.4 is 5.32 Å². The minimum absolute atomic E-state index is 0.0708. The van der Waals surface area contributed by atoms with Gasteiger partial charge in [0.05, 0.1) is 0 Å². The number of nitrogens with zero attached hydrogens (tertiary/aromatic N) is 2. The van der Waals surface area contributed by atoms with E-state index in [9.17, 15) is 9.59 Å². The molecule has 0 aliphatic rings. The molecular weight excluding hydrogens is 326 g/mol. The smallest absolute Gasteiger partial charge is 0.226 e. The Hall–Kier alpha value is -2.40. The van der Waals surface area contributed by atoms with Crippen LogP contribution >= 0.6 is 11.6 Å². The number of halogens is 1. The van der Waals surface area contributed by atoms with Gasteiger partial charge in [-0.25, -0.2) is 0 Å². The fraction of sp³-hybridized carbons (Fsp3) is 0.278. The van der Waals surface area contributed by atoms with Crippen molar-refractivity contribution in [1.82, 2.24) is 9.88 Å². The first kappa shape index (κ1) is 17.9. The summed E-state index contributed by atoms with van der Waals surface area (Å²) in [5.41, 5.74) is 2.61. The third kappa shape index (κ3) is 5.35. The van der Waals surface area contributed by atoms with Crippen molar-refractivity contribution in [2.75, 3.05) is 11.9 Å². The Balaban J connectivity index is 1.92. The second-order valence-corrected chi connectivity index (χ2v) is 5.99. The summed E-state index contributed by atoms with van der Waals surface area (Å²) < 4.78 is 0. The van der Waals surface area contributed by atoms with E-state index in [4.69, 9.17) is 11.6 Å². The van der Waals surface area contributed by atoms with E-state index in [1.54, 1.807) is 29.4 Å². The largest absolute Gasteiger partial charge is 0.338 e. The lowest BCUT2D eigenvalue weighted by Crippen LogP contribution is -2.31. The predicted octanol–water partition coefficient (Wildman–Crippen LogP) is 3.42. The summed E-state index contributed by atoms with van der Waals surface area (Å²) in [5.74, 6) is -0.222. The number of hydrogen-bond donors (Lipinski definition) is 1. The van der Waals surface area contributed by atoms with Gasteiger partial charge in [0.2, 0.25) is 11.8 Å². The summed E-state index contributed by atoms with van der Waals surface area (Å²) in [6.07, 6.45) is 3.58. The number of pyridine rings is 1. The Morgan fingerprint density at radius 3 is 2.58 bits per heavy atom. The highest BCUT2D eigenvalue weighted by molar-refractivity contribution is 6.31. The molecule has 0 bridgehead atoms. The van der Waals surface area contributed by atoms with Crippen molar-refractivity contribution >= 4 is 29.1 Å². The Kier molecular flexibility index (Phi) is 6.32. The molecule has 0 aliphatic carbocycles. The predicted molar refractivity (Wildman–Crippen MR) is 94.8 cm³/mol. The Morgan fingerprint density at radius 1 is 1.21 bits per heavy atom. The number of aryl methyl sites for hydroxylation is 1. The summed E-state index contributed by atoms with van der Waals surface area (Å²) in [7, 11) is 0. The number of hydrogen-bond acceptors (Lipinski definition) is 3. The molecule has 0 aliphatic heterocycles. The van der Waals surface area contributed by atoms with Gasteiger partial charge in [-0.15, -0.1) is 0 Å². The van der Waals surface area contributed by atoms with Crippen molar-refractivity contribution in [1.29, 1.82) is 0 Å². The average molecular weight is 346 g/mol. The van der Waals surface area contributed by atoms with Crippen LogP contribution in [0.1, 0.15) is 24.5 Å². The monoisotopic (exact) mass is 345 g/mol. The second-order valence-electron chi connectivity index (χ2n) is 5.55. The molecule has 2 amide bonds. The van der Waals surface area contributed by atoms with Crippen molar-refractivity contribution in [3.8, 4) is 0 Å². The van der Waals surface area contributed by atoms with E-state index < -0.39 is 0 Å². The van der Waals surface area contributed by atoms with Crippen LogP contribution in [0, 0.1) is 6.92 Å². The van der Waals surface area contributed by atoms with Crippen molar-refractivity contribution in [2.24, 2.45) is 0 Å². The molecule has 0 radical (unpaired) electrons. The number of carbonyl (C=O) groups excluding carboxylic acids is 2. The maximum Gasteiger partial charge on any atom is 0.226 e. The van der Waals surface area contributed by atoms with Gasteiger partial charge in [0.25, 0.3) is 0 Å². The van der Waals surface area contributed by atoms with Gasteiger partial charge in [0.1, 0.15) is 0 Å². The molecule has 24 heavy (non-hydrogen) atoms. The van der Waals surface area contributed by atoms with Crippen LogP contribution in [0.15, 0.2) is 42.7 Å². The lowest BCUT2D eigenvalue weighted by molar-refractivity contribution is -0.129.